The first-order valence-corrected chi connectivity index (χ1v) is 6.00. The van der Waals surface area contributed by atoms with Gasteiger partial charge in [0.15, 0.2) is 0 Å². The van der Waals surface area contributed by atoms with Crippen LogP contribution in [0.25, 0.3) is 0 Å². The number of hydrogen-bond acceptors (Lipinski definition) is 0. The second-order valence-corrected chi connectivity index (χ2v) is 4.01. The average molecular weight is 220 g/mol. The Balaban J connectivity index is 2.01. The fraction of sp³-hybridized carbons (Fsp3) is 0.176. The number of aryl methyl sites for hydroxylation is 1. The largest absolute Gasteiger partial charge is 0.0931 e. The molecular formula is C17H16. The summed E-state index contributed by atoms with van der Waals surface area (Å²) in [6.45, 7) is 2.16. The standard InChI is InChI=1S/C17H16/c1-2-15-11-13-17(14-12-15)10-6-9-16-7-4-3-5-8-16/h3-5,7-8,11-14H,2,9H2,1H3. The van der Waals surface area contributed by atoms with Gasteiger partial charge in [-0.1, -0.05) is 61.2 Å². The zero-order chi connectivity index (χ0) is 11.9. The van der Waals surface area contributed by atoms with E-state index in [-0.39, 0.29) is 0 Å². The molecule has 2 rings (SSSR count). The normalized spacial score (nSPS) is 9.47. The maximum Gasteiger partial charge on any atom is 0.0344 e. The predicted molar refractivity (Wildman–Crippen MR) is 72.8 cm³/mol. The molecule has 0 amide bonds. The van der Waals surface area contributed by atoms with Gasteiger partial charge in [-0.05, 0) is 29.7 Å². The summed E-state index contributed by atoms with van der Waals surface area (Å²) in [5.74, 6) is 6.40. The molecule has 0 N–H and O–H groups in total. The molecule has 0 fully saturated rings. The molecular weight excluding hydrogens is 204 g/mol. The van der Waals surface area contributed by atoms with Crippen molar-refractivity contribution in [3.05, 3.63) is 71.3 Å². The number of hydrogen-bond donors (Lipinski definition) is 0. The molecule has 0 bridgehead atoms. The molecule has 2 aromatic carbocycles. The molecule has 0 aliphatic rings. The summed E-state index contributed by atoms with van der Waals surface area (Å²) in [5.41, 5.74) is 3.72. The highest BCUT2D eigenvalue weighted by molar-refractivity contribution is 5.37. The van der Waals surface area contributed by atoms with E-state index in [0.717, 1.165) is 18.4 Å². The summed E-state index contributed by atoms with van der Waals surface area (Å²) in [6, 6.07) is 18.8. The van der Waals surface area contributed by atoms with Crippen LogP contribution >= 0.6 is 0 Å². The van der Waals surface area contributed by atoms with Crippen molar-refractivity contribution in [3.8, 4) is 11.8 Å². The molecule has 0 nitrogen and oxygen atoms in total. The van der Waals surface area contributed by atoms with Crippen molar-refractivity contribution >= 4 is 0 Å². The smallest absolute Gasteiger partial charge is 0.0344 e. The Morgan fingerprint density at radius 2 is 1.53 bits per heavy atom. The second kappa shape index (κ2) is 5.92. The van der Waals surface area contributed by atoms with Crippen LogP contribution in [-0.4, -0.2) is 0 Å². The van der Waals surface area contributed by atoms with Crippen molar-refractivity contribution in [1.82, 2.24) is 0 Å². The molecule has 2 aromatic rings. The van der Waals surface area contributed by atoms with E-state index in [1.165, 1.54) is 11.1 Å². The van der Waals surface area contributed by atoms with Crippen molar-refractivity contribution in [2.45, 2.75) is 19.8 Å². The summed E-state index contributed by atoms with van der Waals surface area (Å²) in [5, 5.41) is 0. The lowest BCUT2D eigenvalue weighted by atomic mass is 10.1. The third-order valence-corrected chi connectivity index (χ3v) is 2.73. The van der Waals surface area contributed by atoms with Crippen molar-refractivity contribution in [2.75, 3.05) is 0 Å². The minimum Gasteiger partial charge on any atom is -0.0931 e. The van der Waals surface area contributed by atoms with E-state index in [1.54, 1.807) is 0 Å². The first-order valence-electron chi connectivity index (χ1n) is 6.00. The van der Waals surface area contributed by atoms with Gasteiger partial charge in [-0.2, -0.15) is 0 Å². The van der Waals surface area contributed by atoms with Crippen LogP contribution in [0.2, 0.25) is 0 Å². The predicted octanol–water partition coefficient (Wildman–Crippen LogP) is 3.84. The Kier molecular flexibility index (Phi) is 4.00. The van der Waals surface area contributed by atoms with Gasteiger partial charge >= 0.3 is 0 Å². The molecule has 0 aliphatic heterocycles. The molecule has 0 atom stereocenters. The lowest BCUT2D eigenvalue weighted by Crippen LogP contribution is -1.82. The first kappa shape index (κ1) is 11.5. The average Bonchev–Trinajstić information content (AvgIpc) is 2.41. The maximum atomic E-state index is 3.21. The third kappa shape index (κ3) is 3.50. The van der Waals surface area contributed by atoms with Gasteiger partial charge in [-0.15, -0.1) is 0 Å². The Morgan fingerprint density at radius 3 is 2.18 bits per heavy atom. The molecule has 0 radical (unpaired) electrons. The van der Waals surface area contributed by atoms with Gasteiger partial charge in [0.05, 0.1) is 0 Å². The SMILES string of the molecule is CCc1ccc(C#CCc2ccccc2)cc1. The maximum absolute atomic E-state index is 3.21. The summed E-state index contributed by atoms with van der Waals surface area (Å²) >= 11 is 0. The number of rotatable bonds is 2. The van der Waals surface area contributed by atoms with Gasteiger partial charge in [0, 0.05) is 12.0 Å². The van der Waals surface area contributed by atoms with Crippen LogP contribution in [0.15, 0.2) is 54.6 Å². The van der Waals surface area contributed by atoms with E-state index in [0.29, 0.717) is 0 Å². The summed E-state index contributed by atoms with van der Waals surface area (Å²) in [7, 11) is 0. The van der Waals surface area contributed by atoms with Gasteiger partial charge in [-0.25, -0.2) is 0 Å². The van der Waals surface area contributed by atoms with Crippen LogP contribution < -0.4 is 0 Å². The van der Waals surface area contributed by atoms with Crippen molar-refractivity contribution in [3.63, 3.8) is 0 Å². The molecule has 17 heavy (non-hydrogen) atoms. The Hall–Kier alpha value is -2.00. The highest BCUT2D eigenvalue weighted by atomic mass is 13.9. The Bertz CT molecular complexity index is 509. The highest BCUT2D eigenvalue weighted by Gasteiger charge is 1.89. The van der Waals surface area contributed by atoms with Crippen molar-refractivity contribution < 1.29 is 0 Å². The molecule has 0 aliphatic carbocycles. The number of benzene rings is 2. The van der Waals surface area contributed by atoms with E-state index in [9.17, 15) is 0 Å². The zero-order valence-corrected chi connectivity index (χ0v) is 10.1. The molecule has 0 saturated heterocycles. The fourth-order valence-corrected chi connectivity index (χ4v) is 1.67. The monoisotopic (exact) mass is 220 g/mol. The van der Waals surface area contributed by atoms with Gasteiger partial charge in [0.2, 0.25) is 0 Å². The minimum absolute atomic E-state index is 0.816. The molecule has 0 unspecified atom stereocenters. The van der Waals surface area contributed by atoms with Crippen LogP contribution in [0.4, 0.5) is 0 Å². The van der Waals surface area contributed by atoms with E-state index >= 15 is 0 Å². The Labute approximate surface area is 103 Å². The molecule has 0 heteroatoms. The van der Waals surface area contributed by atoms with Crippen LogP contribution in [0.3, 0.4) is 0 Å². The van der Waals surface area contributed by atoms with Crippen LogP contribution in [-0.2, 0) is 12.8 Å². The lowest BCUT2D eigenvalue weighted by molar-refractivity contribution is 1.14. The Morgan fingerprint density at radius 1 is 0.824 bits per heavy atom. The van der Waals surface area contributed by atoms with Gasteiger partial charge in [-0.3, -0.25) is 0 Å². The minimum atomic E-state index is 0.816. The van der Waals surface area contributed by atoms with Crippen molar-refractivity contribution in [1.29, 1.82) is 0 Å². The molecule has 0 saturated carbocycles. The molecule has 0 heterocycles. The van der Waals surface area contributed by atoms with Gasteiger partial charge in [0.25, 0.3) is 0 Å². The summed E-state index contributed by atoms with van der Waals surface area (Å²) < 4.78 is 0. The topological polar surface area (TPSA) is 0 Å². The van der Waals surface area contributed by atoms with Crippen LogP contribution in [0, 0.1) is 11.8 Å². The van der Waals surface area contributed by atoms with Crippen molar-refractivity contribution in [2.24, 2.45) is 0 Å². The van der Waals surface area contributed by atoms with Crippen LogP contribution in [0.1, 0.15) is 23.6 Å². The summed E-state index contributed by atoms with van der Waals surface area (Å²) in [6.07, 6.45) is 1.90. The van der Waals surface area contributed by atoms with Crippen LogP contribution in [0.5, 0.6) is 0 Å². The van der Waals surface area contributed by atoms with Gasteiger partial charge in [0.1, 0.15) is 0 Å². The first-order chi connectivity index (χ1) is 8.38. The van der Waals surface area contributed by atoms with E-state index in [4.69, 9.17) is 0 Å². The fourth-order valence-electron chi connectivity index (χ4n) is 1.67. The molecule has 0 aromatic heterocycles. The quantitative estimate of drug-likeness (QED) is 0.674. The third-order valence-electron chi connectivity index (χ3n) is 2.73. The zero-order valence-electron chi connectivity index (χ0n) is 10.1. The lowest BCUT2D eigenvalue weighted by Gasteiger charge is -1.95. The van der Waals surface area contributed by atoms with Gasteiger partial charge < -0.3 is 0 Å². The summed E-state index contributed by atoms with van der Waals surface area (Å²) in [4.78, 5) is 0. The van der Waals surface area contributed by atoms with E-state index < -0.39 is 0 Å². The molecule has 84 valence electrons. The second-order valence-electron chi connectivity index (χ2n) is 4.01. The van der Waals surface area contributed by atoms with E-state index in [2.05, 4.69) is 55.2 Å². The molecule has 0 spiro atoms. The van der Waals surface area contributed by atoms with E-state index in [1.807, 2.05) is 18.2 Å². The highest BCUT2D eigenvalue weighted by Crippen LogP contribution is 2.04.